The van der Waals surface area contributed by atoms with Crippen LogP contribution in [0.4, 0.5) is 17.5 Å². The average molecular weight is 487 g/mol. The summed E-state index contributed by atoms with van der Waals surface area (Å²) in [5, 5.41) is 13.3. The average Bonchev–Trinajstić information content (AvgIpc) is 2.78. The Balaban J connectivity index is 1.71. The van der Waals surface area contributed by atoms with Gasteiger partial charge in [-0.3, -0.25) is 9.59 Å². The molecule has 34 heavy (non-hydrogen) atoms. The molecule has 1 aromatic carbocycles. The standard InChI is InChI=1S/C24H31ClN6O3/c1-14-9-15(2)13-30(12-14)24-26-11-18(25)21(28-24)27-17-5-6-19-20(10-17)31(8-7-16(3)32)23(34)22(33)29(19)4/h5-6,10-11,14-16,32H,7-9,12-13H2,1-4H3,(H,26,27,28)/t14-,15+,16-/m1/s1. The number of hydrogen-bond donors (Lipinski definition) is 2. The molecule has 1 saturated heterocycles. The number of aliphatic hydroxyl groups excluding tert-OH is 1. The highest BCUT2D eigenvalue weighted by Gasteiger charge is 2.24. The number of rotatable bonds is 6. The highest BCUT2D eigenvalue weighted by molar-refractivity contribution is 6.32. The second kappa shape index (κ2) is 9.76. The van der Waals surface area contributed by atoms with Crippen LogP contribution in [0.1, 0.15) is 33.6 Å². The Morgan fingerprint density at radius 1 is 1.18 bits per heavy atom. The summed E-state index contributed by atoms with van der Waals surface area (Å²) < 4.78 is 2.76. The molecule has 0 amide bonds. The molecule has 1 aliphatic rings. The summed E-state index contributed by atoms with van der Waals surface area (Å²) in [7, 11) is 1.58. The number of nitrogens with zero attached hydrogens (tertiary/aromatic N) is 5. The van der Waals surface area contributed by atoms with Crippen molar-refractivity contribution in [3.63, 3.8) is 0 Å². The van der Waals surface area contributed by atoms with Gasteiger partial charge in [-0.15, -0.1) is 0 Å². The summed E-state index contributed by atoms with van der Waals surface area (Å²) in [4.78, 5) is 36.4. The first-order chi connectivity index (χ1) is 16.1. The zero-order chi connectivity index (χ0) is 24.6. The van der Waals surface area contributed by atoms with E-state index in [1.807, 2.05) is 6.07 Å². The van der Waals surface area contributed by atoms with E-state index in [1.165, 1.54) is 15.6 Å². The van der Waals surface area contributed by atoms with Crippen molar-refractivity contribution >= 4 is 40.1 Å². The van der Waals surface area contributed by atoms with Gasteiger partial charge in [0.2, 0.25) is 5.95 Å². The lowest BCUT2D eigenvalue weighted by atomic mass is 9.92. The molecule has 0 unspecified atom stereocenters. The summed E-state index contributed by atoms with van der Waals surface area (Å²) in [6, 6.07) is 5.39. The van der Waals surface area contributed by atoms with E-state index in [1.54, 1.807) is 32.3 Å². The van der Waals surface area contributed by atoms with Gasteiger partial charge in [-0.25, -0.2) is 4.98 Å². The van der Waals surface area contributed by atoms with Gasteiger partial charge in [0.1, 0.15) is 5.02 Å². The van der Waals surface area contributed by atoms with Crippen LogP contribution in [-0.4, -0.2) is 43.4 Å². The van der Waals surface area contributed by atoms with E-state index < -0.39 is 17.2 Å². The summed E-state index contributed by atoms with van der Waals surface area (Å²) in [5.74, 6) is 2.22. The van der Waals surface area contributed by atoms with Crippen LogP contribution in [0, 0.1) is 11.8 Å². The first kappa shape index (κ1) is 24.2. The molecule has 1 fully saturated rings. The van der Waals surface area contributed by atoms with E-state index >= 15 is 0 Å². The maximum atomic E-state index is 12.7. The van der Waals surface area contributed by atoms with Crippen molar-refractivity contribution in [2.24, 2.45) is 18.9 Å². The number of fused-ring (bicyclic) bond motifs is 1. The molecule has 3 heterocycles. The minimum absolute atomic E-state index is 0.232. The van der Waals surface area contributed by atoms with E-state index in [4.69, 9.17) is 11.6 Å². The van der Waals surface area contributed by atoms with E-state index in [-0.39, 0.29) is 6.54 Å². The fourth-order valence-corrected chi connectivity index (χ4v) is 4.82. The van der Waals surface area contributed by atoms with E-state index in [2.05, 4.69) is 34.0 Å². The number of aromatic nitrogens is 4. The third-order valence-corrected chi connectivity index (χ3v) is 6.55. The van der Waals surface area contributed by atoms with E-state index in [0.29, 0.717) is 51.8 Å². The molecule has 3 atom stereocenters. The monoisotopic (exact) mass is 486 g/mol. The molecule has 9 nitrogen and oxygen atoms in total. The van der Waals surface area contributed by atoms with Crippen LogP contribution in [0.25, 0.3) is 11.0 Å². The first-order valence-electron chi connectivity index (χ1n) is 11.6. The Kier molecular flexibility index (Phi) is 6.95. The molecular formula is C24H31ClN6O3. The third kappa shape index (κ3) is 4.95. The molecule has 1 aliphatic heterocycles. The van der Waals surface area contributed by atoms with Crippen molar-refractivity contribution in [3.05, 3.63) is 50.1 Å². The highest BCUT2D eigenvalue weighted by Crippen LogP contribution is 2.29. The second-order valence-electron chi connectivity index (χ2n) is 9.50. The van der Waals surface area contributed by atoms with Crippen LogP contribution in [0.5, 0.6) is 0 Å². The van der Waals surface area contributed by atoms with Gasteiger partial charge >= 0.3 is 11.1 Å². The number of piperidine rings is 1. The number of anilines is 3. The van der Waals surface area contributed by atoms with Crippen LogP contribution >= 0.6 is 11.6 Å². The van der Waals surface area contributed by atoms with Crippen LogP contribution in [0.15, 0.2) is 34.0 Å². The van der Waals surface area contributed by atoms with Gasteiger partial charge in [0.15, 0.2) is 5.82 Å². The van der Waals surface area contributed by atoms with Crippen molar-refractivity contribution < 1.29 is 5.11 Å². The van der Waals surface area contributed by atoms with Crippen molar-refractivity contribution in [2.45, 2.75) is 46.3 Å². The van der Waals surface area contributed by atoms with Gasteiger partial charge in [0.25, 0.3) is 0 Å². The number of aryl methyl sites for hydroxylation is 2. The topological polar surface area (TPSA) is 105 Å². The summed E-state index contributed by atoms with van der Waals surface area (Å²) in [6.07, 6.45) is 2.55. The van der Waals surface area contributed by atoms with Gasteiger partial charge in [-0.2, -0.15) is 4.98 Å². The molecule has 4 rings (SSSR count). The fraction of sp³-hybridized carbons (Fsp3) is 0.500. The fourth-order valence-electron chi connectivity index (χ4n) is 4.68. The number of nitrogens with one attached hydrogen (secondary N) is 1. The predicted octanol–water partition coefficient (Wildman–Crippen LogP) is 3.14. The Morgan fingerprint density at radius 2 is 1.88 bits per heavy atom. The SMILES string of the molecule is C[C@@H]1C[C@H](C)CN(c2ncc(Cl)c(Nc3ccc4c(c3)n(CC[C@@H](C)O)c(=O)c(=O)n4C)n2)C1. The number of aliphatic hydroxyl groups is 1. The lowest BCUT2D eigenvalue weighted by molar-refractivity contribution is 0.178. The molecule has 0 spiro atoms. The van der Waals surface area contributed by atoms with Crippen LogP contribution in [-0.2, 0) is 13.6 Å². The number of hydrogen-bond acceptors (Lipinski definition) is 7. The molecule has 182 valence electrons. The third-order valence-electron chi connectivity index (χ3n) is 6.28. The molecule has 3 aromatic rings. The molecule has 0 aliphatic carbocycles. The Hall–Kier alpha value is -2.91. The molecule has 10 heteroatoms. The molecule has 0 bridgehead atoms. The molecule has 0 radical (unpaired) electrons. The largest absolute Gasteiger partial charge is 0.393 e. The summed E-state index contributed by atoms with van der Waals surface area (Å²) >= 11 is 6.41. The van der Waals surface area contributed by atoms with Crippen molar-refractivity contribution in [2.75, 3.05) is 23.3 Å². The maximum absolute atomic E-state index is 12.7. The lowest BCUT2D eigenvalue weighted by Crippen LogP contribution is -2.40. The number of benzene rings is 1. The van der Waals surface area contributed by atoms with Gasteiger partial charge in [0, 0.05) is 32.4 Å². The molecular weight excluding hydrogens is 456 g/mol. The summed E-state index contributed by atoms with van der Waals surface area (Å²) in [5.41, 5.74) is 0.646. The van der Waals surface area contributed by atoms with Crippen molar-refractivity contribution in [3.8, 4) is 0 Å². The zero-order valence-corrected chi connectivity index (χ0v) is 20.7. The lowest BCUT2D eigenvalue weighted by Gasteiger charge is -2.35. The van der Waals surface area contributed by atoms with Crippen LogP contribution < -0.4 is 21.3 Å². The molecule has 2 N–H and O–H groups in total. The Bertz CT molecular complexity index is 1310. The number of halogens is 1. The van der Waals surface area contributed by atoms with Gasteiger partial charge < -0.3 is 24.5 Å². The predicted molar refractivity (Wildman–Crippen MR) is 135 cm³/mol. The van der Waals surface area contributed by atoms with Crippen molar-refractivity contribution in [1.29, 1.82) is 0 Å². The quantitative estimate of drug-likeness (QED) is 0.515. The normalized spacial score (nSPS) is 19.4. The smallest absolute Gasteiger partial charge is 0.316 e. The Labute approximate surface area is 203 Å². The van der Waals surface area contributed by atoms with Crippen LogP contribution in [0.3, 0.4) is 0 Å². The first-order valence-corrected chi connectivity index (χ1v) is 12.0. The highest BCUT2D eigenvalue weighted by atomic mass is 35.5. The van der Waals surface area contributed by atoms with Gasteiger partial charge in [0.05, 0.1) is 23.3 Å². The molecule has 0 saturated carbocycles. The van der Waals surface area contributed by atoms with Crippen molar-refractivity contribution in [1.82, 2.24) is 19.1 Å². The van der Waals surface area contributed by atoms with Gasteiger partial charge in [-0.1, -0.05) is 25.4 Å². The molecule has 2 aromatic heterocycles. The van der Waals surface area contributed by atoms with Gasteiger partial charge in [-0.05, 0) is 49.8 Å². The maximum Gasteiger partial charge on any atom is 0.316 e. The summed E-state index contributed by atoms with van der Waals surface area (Å²) in [6.45, 7) is 8.14. The minimum Gasteiger partial charge on any atom is -0.393 e. The van der Waals surface area contributed by atoms with E-state index in [9.17, 15) is 14.7 Å². The Morgan fingerprint density at radius 3 is 2.56 bits per heavy atom. The van der Waals surface area contributed by atoms with E-state index in [0.717, 1.165) is 13.1 Å². The second-order valence-corrected chi connectivity index (χ2v) is 9.91. The zero-order valence-electron chi connectivity index (χ0n) is 20.0. The van der Waals surface area contributed by atoms with Crippen LogP contribution in [0.2, 0.25) is 5.02 Å². The minimum atomic E-state index is -0.622.